The molecule has 0 aromatic heterocycles. The zero-order valence-electron chi connectivity index (χ0n) is 15.4. The van der Waals surface area contributed by atoms with Crippen molar-refractivity contribution in [2.24, 2.45) is 0 Å². The van der Waals surface area contributed by atoms with Gasteiger partial charge in [-0.3, -0.25) is 19.4 Å². The molecule has 1 aromatic carbocycles. The average molecular weight is 376 g/mol. The highest BCUT2D eigenvalue weighted by molar-refractivity contribution is 8.18. The molecule has 0 bridgehead atoms. The van der Waals surface area contributed by atoms with Crippen molar-refractivity contribution in [2.45, 2.75) is 26.7 Å². The summed E-state index contributed by atoms with van der Waals surface area (Å²) in [6, 6.07) is 6.71. The molecule has 0 unspecified atom stereocenters. The van der Waals surface area contributed by atoms with Gasteiger partial charge in [-0.15, -0.1) is 0 Å². The van der Waals surface area contributed by atoms with Crippen molar-refractivity contribution < 1.29 is 19.1 Å². The highest BCUT2D eigenvalue weighted by Gasteiger charge is 2.35. The lowest BCUT2D eigenvalue weighted by molar-refractivity contribution is -0.124. The van der Waals surface area contributed by atoms with E-state index in [0.717, 1.165) is 43.3 Å². The number of carbonyl (C=O) groups is 3. The van der Waals surface area contributed by atoms with Gasteiger partial charge in [-0.05, 0) is 61.5 Å². The molecule has 2 rings (SSSR count). The van der Waals surface area contributed by atoms with Gasteiger partial charge in [-0.1, -0.05) is 26.0 Å². The highest BCUT2D eigenvalue weighted by atomic mass is 32.2. The predicted octanol–water partition coefficient (Wildman–Crippen LogP) is 3.59. The highest BCUT2D eigenvalue weighted by Crippen LogP contribution is 2.32. The number of esters is 1. The Labute approximate surface area is 158 Å². The molecule has 7 heteroatoms. The summed E-state index contributed by atoms with van der Waals surface area (Å²) >= 11 is 0.950. The van der Waals surface area contributed by atoms with Crippen LogP contribution in [0.3, 0.4) is 0 Å². The fourth-order valence-corrected chi connectivity index (χ4v) is 3.52. The van der Waals surface area contributed by atoms with Crippen molar-refractivity contribution in [1.29, 1.82) is 0 Å². The van der Waals surface area contributed by atoms with E-state index in [0.29, 0.717) is 17.1 Å². The van der Waals surface area contributed by atoms with Crippen LogP contribution in [-0.2, 0) is 9.53 Å². The molecule has 0 N–H and O–H groups in total. The number of hydrogen-bond donors (Lipinski definition) is 0. The minimum Gasteiger partial charge on any atom is -0.465 e. The molecule has 0 saturated carbocycles. The molecule has 1 aliphatic heterocycles. The molecule has 1 heterocycles. The Morgan fingerprint density at radius 2 is 1.77 bits per heavy atom. The van der Waals surface area contributed by atoms with Gasteiger partial charge in [0.15, 0.2) is 0 Å². The van der Waals surface area contributed by atoms with Gasteiger partial charge in [0, 0.05) is 0 Å². The minimum atomic E-state index is -0.413. The van der Waals surface area contributed by atoms with Gasteiger partial charge in [-0.2, -0.15) is 0 Å². The van der Waals surface area contributed by atoms with Crippen LogP contribution in [0.1, 0.15) is 42.6 Å². The van der Waals surface area contributed by atoms with Crippen molar-refractivity contribution in [3.05, 3.63) is 40.3 Å². The third-order valence-corrected chi connectivity index (χ3v) is 4.83. The fraction of sp³-hybridized carbons (Fsp3) is 0.421. The standard InChI is InChI=1S/C19H24N2O4S/c1-4-10-20(11-5-2)13-21-17(22)16(26-19(21)24)12-14-6-8-15(9-7-14)18(23)25-3/h6-9,12H,4-5,10-11,13H2,1-3H3/b16-12+. The summed E-state index contributed by atoms with van der Waals surface area (Å²) in [4.78, 5) is 40.1. The smallest absolute Gasteiger partial charge is 0.337 e. The average Bonchev–Trinajstić information content (AvgIpc) is 2.89. The second-order valence-electron chi connectivity index (χ2n) is 5.98. The molecule has 0 radical (unpaired) electrons. The maximum absolute atomic E-state index is 12.6. The van der Waals surface area contributed by atoms with Crippen molar-refractivity contribution in [1.82, 2.24) is 9.80 Å². The molecule has 0 atom stereocenters. The van der Waals surface area contributed by atoms with E-state index in [1.54, 1.807) is 30.3 Å². The molecule has 2 amide bonds. The van der Waals surface area contributed by atoms with Gasteiger partial charge in [0.05, 0.1) is 24.2 Å². The number of rotatable bonds is 8. The first kappa shape index (κ1) is 20.2. The lowest BCUT2D eigenvalue weighted by Crippen LogP contribution is -2.41. The Hall–Kier alpha value is -2.12. The van der Waals surface area contributed by atoms with Gasteiger partial charge < -0.3 is 4.74 Å². The quantitative estimate of drug-likeness (QED) is 0.510. The third-order valence-electron chi connectivity index (χ3n) is 3.92. The van der Waals surface area contributed by atoms with E-state index in [9.17, 15) is 14.4 Å². The molecule has 0 spiro atoms. The maximum atomic E-state index is 12.6. The predicted molar refractivity (Wildman–Crippen MR) is 103 cm³/mol. The van der Waals surface area contributed by atoms with Gasteiger partial charge in [0.25, 0.3) is 11.1 Å². The first-order chi connectivity index (χ1) is 12.5. The molecule has 140 valence electrons. The van der Waals surface area contributed by atoms with Gasteiger partial charge in [-0.25, -0.2) is 4.79 Å². The Balaban J connectivity index is 2.11. The SMILES string of the molecule is CCCN(CCC)CN1C(=O)S/C(=C/c2ccc(C(=O)OC)cc2)C1=O. The maximum Gasteiger partial charge on any atom is 0.337 e. The normalized spacial score (nSPS) is 16.0. The molecule has 0 aliphatic carbocycles. The second kappa shape index (κ2) is 9.54. The van der Waals surface area contributed by atoms with Crippen LogP contribution in [0.15, 0.2) is 29.2 Å². The summed E-state index contributed by atoms with van der Waals surface area (Å²) in [6.45, 7) is 6.18. The summed E-state index contributed by atoms with van der Waals surface area (Å²) in [7, 11) is 1.33. The summed E-state index contributed by atoms with van der Waals surface area (Å²) in [6.07, 6.45) is 3.62. The van der Waals surface area contributed by atoms with Crippen molar-refractivity contribution >= 4 is 35.0 Å². The van der Waals surface area contributed by atoms with Crippen LogP contribution in [-0.4, -0.2) is 53.8 Å². The van der Waals surface area contributed by atoms with Crippen LogP contribution in [0.25, 0.3) is 6.08 Å². The molecule has 1 fully saturated rings. The zero-order valence-corrected chi connectivity index (χ0v) is 16.2. The lowest BCUT2D eigenvalue weighted by Gasteiger charge is -2.25. The van der Waals surface area contributed by atoms with Crippen LogP contribution in [0.2, 0.25) is 0 Å². The molecular formula is C19H24N2O4S. The van der Waals surface area contributed by atoms with E-state index in [1.807, 2.05) is 0 Å². The summed E-state index contributed by atoms with van der Waals surface area (Å²) in [5.74, 6) is -0.682. The number of nitrogens with zero attached hydrogens (tertiary/aromatic N) is 2. The number of imide groups is 1. The van der Waals surface area contributed by atoms with Gasteiger partial charge in [0.1, 0.15) is 0 Å². The zero-order chi connectivity index (χ0) is 19.1. The first-order valence-electron chi connectivity index (χ1n) is 8.66. The Bertz CT molecular complexity index is 694. The molecule has 6 nitrogen and oxygen atoms in total. The Kier molecular flexibility index (Phi) is 7.41. The van der Waals surface area contributed by atoms with E-state index in [1.165, 1.54) is 12.0 Å². The molecule has 26 heavy (non-hydrogen) atoms. The fourth-order valence-electron chi connectivity index (χ4n) is 2.69. The van der Waals surface area contributed by atoms with Gasteiger partial charge >= 0.3 is 5.97 Å². The van der Waals surface area contributed by atoms with Crippen LogP contribution in [0.5, 0.6) is 0 Å². The van der Waals surface area contributed by atoms with Crippen molar-refractivity contribution in [3.63, 3.8) is 0 Å². The first-order valence-corrected chi connectivity index (χ1v) is 9.47. The van der Waals surface area contributed by atoms with Crippen LogP contribution < -0.4 is 0 Å². The summed E-state index contributed by atoms with van der Waals surface area (Å²) < 4.78 is 4.66. The monoisotopic (exact) mass is 376 g/mol. The summed E-state index contributed by atoms with van der Waals surface area (Å²) in [5, 5.41) is -0.246. The van der Waals surface area contributed by atoms with E-state index in [2.05, 4.69) is 23.5 Å². The van der Waals surface area contributed by atoms with Crippen LogP contribution >= 0.6 is 11.8 Å². The van der Waals surface area contributed by atoms with Crippen molar-refractivity contribution in [3.8, 4) is 0 Å². The van der Waals surface area contributed by atoms with Crippen molar-refractivity contribution in [2.75, 3.05) is 26.9 Å². The van der Waals surface area contributed by atoms with Gasteiger partial charge in [0.2, 0.25) is 0 Å². The number of thioether (sulfide) groups is 1. The molecule has 1 aliphatic rings. The molecule has 1 aromatic rings. The van der Waals surface area contributed by atoms with E-state index in [4.69, 9.17) is 0 Å². The number of amides is 2. The number of methoxy groups -OCH3 is 1. The Morgan fingerprint density at radius 3 is 2.31 bits per heavy atom. The number of benzene rings is 1. The van der Waals surface area contributed by atoms with Crippen LogP contribution in [0, 0.1) is 0 Å². The number of carbonyl (C=O) groups excluding carboxylic acids is 3. The number of ether oxygens (including phenoxy) is 1. The van der Waals surface area contributed by atoms with Crippen LogP contribution in [0.4, 0.5) is 4.79 Å². The van der Waals surface area contributed by atoms with E-state index < -0.39 is 5.97 Å². The molecular weight excluding hydrogens is 352 g/mol. The number of hydrogen-bond acceptors (Lipinski definition) is 6. The lowest BCUT2D eigenvalue weighted by atomic mass is 10.1. The Morgan fingerprint density at radius 1 is 1.15 bits per heavy atom. The largest absolute Gasteiger partial charge is 0.465 e. The topological polar surface area (TPSA) is 66.9 Å². The van der Waals surface area contributed by atoms with E-state index >= 15 is 0 Å². The molecule has 1 saturated heterocycles. The minimum absolute atomic E-state index is 0.246. The third kappa shape index (κ3) is 4.95. The summed E-state index contributed by atoms with van der Waals surface area (Å²) in [5.41, 5.74) is 1.19. The van der Waals surface area contributed by atoms with E-state index in [-0.39, 0.29) is 11.1 Å². The second-order valence-corrected chi connectivity index (χ2v) is 6.98.